The molecule has 0 unspecified atom stereocenters. The Balaban J connectivity index is 2.45. The van der Waals surface area contributed by atoms with E-state index in [-0.39, 0.29) is 5.97 Å². The standard InChI is InChI=1S/C12H13NO2/c1-8-4-3-5-10-9(6-11(14)15-2)7-13-12(8)10/h3-5,7,13H,6H2,1-2H3. The van der Waals surface area contributed by atoms with Gasteiger partial charge >= 0.3 is 5.97 Å². The van der Waals surface area contributed by atoms with Crippen LogP contribution in [0.15, 0.2) is 24.4 Å². The minimum absolute atomic E-state index is 0.211. The fourth-order valence-electron chi connectivity index (χ4n) is 1.74. The zero-order chi connectivity index (χ0) is 10.8. The number of carbonyl (C=O) groups excluding carboxylic acids is 1. The van der Waals surface area contributed by atoms with Gasteiger partial charge in [0.25, 0.3) is 0 Å². The summed E-state index contributed by atoms with van der Waals surface area (Å²) in [7, 11) is 1.41. The SMILES string of the molecule is COC(=O)Cc1c[nH]c2c(C)cccc12. The summed E-state index contributed by atoms with van der Waals surface area (Å²) in [6.45, 7) is 2.04. The lowest BCUT2D eigenvalue weighted by atomic mass is 10.1. The lowest BCUT2D eigenvalue weighted by molar-refractivity contribution is -0.139. The summed E-state index contributed by atoms with van der Waals surface area (Å²) in [6.07, 6.45) is 2.19. The molecule has 1 N–H and O–H groups in total. The Kier molecular flexibility index (Phi) is 2.46. The zero-order valence-electron chi connectivity index (χ0n) is 8.83. The van der Waals surface area contributed by atoms with Crippen LogP contribution in [0.25, 0.3) is 10.9 Å². The third kappa shape index (κ3) is 1.73. The summed E-state index contributed by atoms with van der Waals surface area (Å²) in [5, 5.41) is 1.10. The summed E-state index contributed by atoms with van der Waals surface area (Å²) >= 11 is 0. The topological polar surface area (TPSA) is 42.1 Å². The van der Waals surface area contributed by atoms with Crippen molar-refractivity contribution >= 4 is 16.9 Å². The summed E-state index contributed by atoms with van der Waals surface area (Å²) in [6, 6.07) is 6.05. The van der Waals surface area contributed by atoms with Gasteiger partial charge in [-0.15, -0.1) is 0 Å². The molecule has 3 nitrogen and oxygen atoms in total. The minimum atomic E-state index is -0.211. The molecule has 0 fully saturated rings. The van der Waals surface area contributed by atoms with E-state index in [1.807, 2.05) is 31.3 Å². The van der Waals surface area contributed by atoms with Gasteiger partial charge in [-0.1, -0.05) is 18.2 Å². The molecule has 78 valence electrons. The quantitative estimate of drug-likeness (QED) is 0.760. The maximum absolute atomic E-state index is 11.2. The van der Waals surface area contributed by atoms with E-state index < -0.39 is 0 Å². The number of fused-ring (bicyclic) bond motifs is 1. The number of methoxy groups -OCH3 is 1. The molecule has 0 aliphatic rings. The summed E-state index contributed by atoms with van der Waals surface area (Å²) in [5.74, 6) is -0.211. The molecule has 3 heteroatoms. The first-order valence-corrected chi connectivity index (χ1v) is 4.84. The number of hydrogen-bond acceptors (Lipinski definition) is 2. The summed E-state index contributed by atoms with van der Waals surface area (Å²) < 4.78 is 4.65. The van der Waals surface area contributed by atoms with Crippen molar-refractivity contribution in [3.8, 4) is 0 Å². The Morgan fingerprint density at radius 1 is 1.47 bits per heavy atom. The second-order valence-electron chi connectivity index (χ2n) is 3.56. The highest BCUT2D eigenvalue weighted by Crippen LogP contribution is 2.21. The molecule has 0 aliphatic carbocycles. The van der Waals surface area contributed by atoms with Gasteiger partial charge in [0.2, 0.25) is 0 Å². The first-order valence-electron chi connectivity index (χ1n) is 4.84. The molecule has 0 aliphatic heterocycles. The van der Waals surface area contributed by atoms with E-state index in [1.165, 1.54) is 12.7 Å². The van der Waals surface area contributed by atoms with Crippen LogP contribution >= 0.6 is 0 Å². The molecule has 2 aromatic rings. The van der Waals surface area contributed by atoms with Crippen LogP contribution in [0.3, 0.4) is 0 Å². The van der Waals surface area contributed by atoms with Gasteiger partial charge in [0.15, 0.2) is 0 Å². The van der Waals surface area contributed by atoms with Crippen molar-refractivity contribution < 1.29 is 9.53 Å². The number of para-hydroxylation sites is 1. The average Bonchev–Trinajstić information content (AvgIpc) is 2.63. The minimum Gasteiger partial charge on any atom is -0.469 e. The number of hydrogen-bond donors (Lipinski definition) is 1. The van der Waals surface area contributed by atoms with Crippen LogP contribution in [0, 0.1) is 6.92 Å². The molecule has 0 bridgehead atoms. The van der Waals surface area contributed by atoms with Gasteiger partial charge in [0.1, 0.15) is 0 Å². The number of rotatable bonds is 2. The van der Waals surface area contributed by atoms with Crippen molar-refractivity contribution in [1.29, 1.82) is 0 Å². The maximum atomic E-state index is 11.2. The average molecular weight is 203 g/mol. The highest BCUT2D eigenvalue weighted by molar-refractivity contribution is 5.89. The molecule has 0 saturated heterocycles. The van der Waals surface area contributed by atoms with Crippen LogP contribution in [0.1, 0.15) is 11.1 Å². The van der Waals surface area contributed by atoms with Gasteiger partial charge in [-0.05, 0) is 18.1 Å². The molecule has 15 heavy (non-hydrogen) atoms. The third-order valence-electron chi connectivity index (χ3n) is 2.57. The number of nitrogens with one attached hydrogen (secondary N) is 1. The van der Waals surface area contributed by atoms with Crippen molar-refractivity contribution in [2.45, 2.75) is 13.3 Å². The lowest BCUT2D eigenvalue weighted by Crippen LogP contribution is -2.03. The monoisotopic (exact) mass is 203 g/mol. The molecular formula is C12H13NO2. The predicted octanol–water partition coefficient (Wildman–Crippen LogP) is 2.19. The molecule has 1 aromatic carbocycles. The lowest BCUT2D eigenvalue weighted by Gasteiger charge is -1.98. The van der Waals surface area contributed by atoms with Crippen LogP contribution in [0.4, 0.5) is 0 Å². The number of carbonyl (C=O) groups is 1. The van der Waals surface area contributed by atoms with E-state index in [4.69, 9.17) is 0 Å². The smallest absolute Gasteiger partial charge is 0.310 e. The van der Waals surface area contributed by atoms with Crippen LogP contribution in [-0.2, 0) is 16.0 Å². The normalized spacial score (nSPS) is 10.5. The molecule has 1 aromatic heterocycles. The van der Waals surface area contributed by atoms with Crippen molar-refractivity contribution in [2.24, 2.45) is 0 Å². The predicted molar refractivity (Wildman–Crippen MR) is 58.8 cm³/mol. The Labute approximate surface area is 88.1 Å². The van der Waals surface area contributed by atoms with Crippen LogP contribution in [0.5, 0.6) is 0 Å². The van der Waals surface area contributed by atoms with Gasteiger partial charge in [0, 0.05) is 17.1 Å². The van der Waals surface area contributed by atoms with Crippen molar-refractivity contribution in [2.75, 3.05) is 7.11 Å². The molecule has 0 saturated carbocycles. The number of esters is 1. The number of ether oxygens (including phenoxy) is 1. The molecule has 2 rings (SSSR count). The Bertz CT molecular complexity index is 499. The highest BCUT2D eigenvalue weighted by Gasteiger charge is 2.09. The maximum Gasteiger partial charge on any atom is 0.310 e. The first-order chi connectivity index (χ1) is 7.22. The van der Waals surface area contributed by atoms with E-state index in [9.17, 15) is 4.79 Å². The molecule has 1 heterocycles. The van der Waals surface area contributed by atoms with Crippen molar-refractivity contribution in [1.82, 2.24) is 4.98 Å². The summed E-state index contributed by atoms with van der Waals surface area (Å²) in [5.41, 5.74) is 3.26. The van der Waals surface area contributed by atoms with Gasteiger partial charge in [-0.3, -0.25) is 4.79 Å². The molecule has 0 radical (unpaired) electrons. The molecule has 0 spiro atoms. The Hall–Kier alpha value is -1.77. The van der Waals surface area contributed by atoms with Crippen LogP contribution in [0.2, 0.25) is 0 Å². The van der Waals surface area contributed by atoms with Gasteiger partial charge in [0.05, 0.1) is 13.5 Å². The second-order valence-corrected chi connectivity index (χ2v) is 3.56. The van der Waals surface area contributed by atoms with Crippen molar-refractivity contribution in [3.63, 3.8) is 0 Å². The molecule has 0 amide bonds. The van der Waals surface area contributed by atoms with Crippen LogP contribution < -0.4 is 0 Å². The Morgan fingerprint density at radius 3 is 3.00 bits per heavy atom. The number of aryl methyl sites for hydroxylation is 1. The third-order valence-corrected chi connectivity index (χ3v) is 2.57. The van der Waals surface area contributed by atoms with E-state index >= 15 is 0 Å². The number of aromatic amines is 1. The van der Waals surface area contributed by atoms with Crippen molar-refractivity contribution in [3.05, 3.63) is 35.5 Å². The fourth-order valence-corrected chi connectivity index (χ4v) is 1.74. The van der Waals surface area contributed by atoms with Gasteiger partial charge < -0.3 is 9.72 Å². The fraction of sp³-hybridized carbons (Fsp3) is 0.250. The first kappa shape index (κ1) is 9.77. The van der Waals surface area contributed by atoms with E-state index in [0.717, 1.165) is 16.5 Å². The van der Waals surface area contributed by atoms with E-state index in [0.29, 0.717) is 6.42 Å². The van der Waals surface area contributed by atoms with Gasteiger partial charge in [-0.2, -0.15) is 0 Å². The van der Waals surface area contributed by atoms with Crippen LogP contribution in [-0.4, -0.2) is 18.1 Å². The van der Waals surface area contributed by atoms with E-state index in [2.05, 4.69) is 9.72 Å². The highest BCUT2D eigenvalue weighted by atomic mass is 16.5. The second kappa shape index (κ2) is 3.77. The number of H-pyrrole nitrogens is 1. The number of aromatic nitrogens is 1. The van der Waals surface area contributed by atoms with E-state index in [1.54, 1.807) is 0 Å². The molecule has 0 atom stereocenters. The van der Waals surface area contributed by atoms with Gasteiger partial charge in [-0.25, -0.2) is 0 Å². The Morgan fingerprint density at radius 2 is 2.27 bits per heavy atom. The zero-order valence-corrected chi connectivity index (χ0v) is 8.83. The molecular weight excluding hydrogens is 190 g/mol. The largest absolute Gasteiger partial charge is 0.469 e. The number of benzene rings is 1. The summed E-state index contributed by atoms with van der Waals surface area (Å²) in [4.78, 5) is 14.3.